The smallest absolute Gasteiger partial charge is 0.312 e. The van der Waals surface area contributed by atoms with E-state index in [1.54, 1.807) is 11.9 Å². The van der Waals surface area contributed by atoms with Crippen LogP contribution in [0.5, 0.6) is 0 Å². The summed E-state index contributed by atoms with van der Waals surface area (Å²) in [5, 5.41) is 1.93. The minimum atomic E-state index is -0.416. The van der Waals surface area contributed by atoms with Crippen molar-refractivity contribution in [2.24, 2.45) is 0 Å². The predicted molar refractivity (Wildman–Crippen MR) is 87.4 cm³/mol. The van der Waals surface area contributed by atoms with E-state index in [0.29, 0.717) is 5.69 Å². The molecule has 0 atom stereocenters. The fourth-order valence-electron chi connectivity index (χ4n) is 2.98. The second kappa shape index (κ2) is 7.12. The lowest BCUT2D eigenvalue weighted by atomic mass is 9.94. The summed E-state index contributed by atoms with van der Waals surface area (Å²) in [6.45, 7) is -0.186. The first-order valence-electron chi connectivity index (χ1n) is 7.96. The topological polar surface area (TPSA) is 63.9 Å². The highest BCUT2D eigenvalue weighted by Crippen LogP contribution is 2.21. The zero-order chi connectivity index (χ0) is 16.2. The lowest BCUT2D eigenvalue weighted by Gasteiger charge is -2.31. The van der Waals surface area contributed by atoms with Crippen LogP contribution in [0, 0.1) is 0 Å². The number of amides is 1. The second-order valence-electron chi connectivity index (χ2n) is 5.96. The van der Waals surface area contributed by atoms with Gasteiger partial charge >= 0.3 is 5.97 Å². The number of hydrogen-bond donors (Lipinski definition) is 0. The van der Waals surface area contributed by atoms with Gasteiger partial charge in [0.1, 0.15) is 0 Å². The van der Waals surface area contributed by atoms with Crippen LogP contribution >= 0.6 is 11.3 Å². The van der Waals surface area contributed by atoms with Gasteiger partial charge in [-0.15, -0.1) is 11.3 Å². The molecular formula is C16H21N3O3S. The highest BCUT2D eigenvalue weighted by molar-refractivity contribution is 7.15. The van der Waals surface area contributed by atoms with E-state index >= 15 is 0 Å². The number of hydrogen-bond acceptors (Lipinski definition) is 5. The molecule has 23 heavy (non-hydrogen) atoms. The summed E-state index contributed by atoms with van der Waals surface area (Å²) < 4.78 is 6.99. The van der Waals surface area contributed by atoms with Crippen LogP contribution in [0.3, 0.4) is 0 Å². The zero-order valence-corrected chi connectivity index (χ0v) is 14.1. The Bertz CT molecular complexity index is 659. The van der Waals surface area contributed by atoms with Crippen molar-refractivity contribution in [3.8, 4) is 0 Å². The quantitative estimate of drug-likeness (QED) is 0.786. The molecule has 0 N–H and O–H groups in total. The van der Waals surface area contributed by atoms with Gasteiger partial charge in [-0.05, 0) is 12.8 Å². The lowest BCUT2D eigenvalue weighted by Crippen LogP contribution is -2.40. The van der Waals surface area contributed by atoms with E-state index < -0.39 is 5.97 Å². The maximum Gasteiger partial charge on any atom is 0.312 e. The number of nitrogens with zero attached hydrogens (tertiary/aromatic N) is 3. The molecule has 1 fully saturated rings. The van der Waals surface area contributed by atoms with Crippen LogP contribution in [0.2, 0.25) is 0 Å². The van der Waals surface area contributed by atoms with Gasteiger partial charge in [0.05, 0.1) is 12.1 Å². The first-order valence-corrected chi connectivity index (χ1v) is 8.84. The standard InChI is InChI=1S/C16H21N3O3S/c1-18(13-5-3-2-4-6-13)14(20)11-22-15(21)9-12-10-19-7-8-23-16(19)17-12/h7-8,10,13H,2-6,9,11H2,1H3. The third kappa shape index (κ3) is 3.90. The number of ether oxygens (including phenoxy) is 1. The average Bonchev–Trinajstić information content (AvgIpc) is 3.14. The number of likely N-dealkylation sites (N-methyl/N-ethyl adjacent to an activating group) is 1. The summed E-state index contributed by atoms with van der Waals surface area (Å²) in [5.74, 6) is -0.544. The van der Waals surface area contributed by atoms with Gasteiger partial charge in [0.25, 0.3) is 5.91 Å². The first kappa shape index (κ1) is 16.0. The normalized spacial score (nSPS) is 15.7. The van der Waals surface area contributed by atoms with Crippen molar-refractivity contribution in [2.75, 3.05) is 13.7 Å². The molecule has 0 aliphatic heterocycles. The number of carbonyl (C=O) groups excluding carboxylic acids is 2. The van der Waals surface area contributed by atoms with Crippen LogP contribution in [0.25, 0.3) is 4.96 Å². The molecule has 0 aromatic carbocycles. The molecule has 1 amide bonds. The number of rotatable bonds is 5. The summed E-state index contributed by atoms with van der Waals surface area (Å²) in [4.78, 5) is 30.9. The molecule has 1 aliphatic rings. The molecule has 6 nitrogen and oxygen atoms in total. The van der Waals surface area contributed by atoms with Crippen LogP contribution in [-0.2, 0) is 20.7 Å². The maximum absolute atomic E-state index is 12.1. The van der Waals surface area contributed by atoms with Gasteiger partial charge in [-0.25, -0.2) is 4.98 Å². The van der Waals surface area contributed by atoms with Gasteiger partial charge in [-0.3, -0.25) is 14.0 Å². The zero-order valence-electron chi connectivity index (χ0n) is 13.2. The van der Waals surface area contributed by atoms with E-state index in [2.05, 4.69) is 4.98 Å². The molecule has 0 bridgehead atoms. The number of fused-ring (bicyclic) bond motifs is 1. The molecule has 124 valence electrons. The SMILES string of the molecule is CN(C(=O)COC(=O)Cc1cn2ccsc2n1)C1CCCCC1. The highest BCUT2D eigenvalue weighted by atomic mass is 32.1. The lowest BCUT2D eigenvalue weighted by molar-refractivity contribution is -0.152. The van der Waals surface area contributed by atoms with E-state index in [4.69, 9.17) is 4.74 Å². The van der Waals surface area contributed by atoms with Crippen molar-refractivity contribution < 1.29 is 14.3 Å². The van der Waals surface area contributed by atoms with Crippen LogP contribution in [0.15, 0.2) is 17.8 Å². The van der Waals surface area contributed by atoms with Gasteiger partial charge in [0.15, 0.2) is 11.6 Å². The van der Waals surface area contributed by atoms with Crippen LogP contribution in [0.1, 0.15) is 37.8 Å². The van der Waals surface area contributed by atoms with Crippen molar-refractivity contribution in [1.82, 2.24) is 14.3 Å². The van der Waals surface area contributed by atoms with Crippen molar-refractivity contribution >= 4 is 28.2 Å². The highest BCUT2D eigenvalue weighted by Gasteiger charge is 2.22. The van der Waals surface area contributed by atoms with Crippen LogP contribution < -0.4 is 0 Å². The molecule has 0 spiro atoms. The Morgan fingerprint density at radius 3 is 2.91 bits per heavy atom. The van der Waals surface area contributed by atoms with E-state index in [0.717, 1.165) is 17.8 Å². The second-order valence-corrected chi connectivity index (χ2v) is 6.83. The van der Waals surface area contributed by atoms with Gasteiger partial charge in [-0.1, -0.05) is 19.3 Å². The molecule has 0 unspecified atom stereocenters. The average molecular weight is 335 g/mol. The Labute approximate surface area is 139 Å². The summed E-state index contributed by atoms with van der Waals surface area (Å²) in [7, 11) is 1.80. The van der Waals surface area contributed by atoms with Gasteiger partial charge in [0.2, 0.25) is 0 Å². The number of imidazole rings is 1. The summed E-state index contributed by atoms with van der Waals surface area (Å²) in [6, 6.07) is 0.287. The van der Waals surface area contributed by atoms with Crippen LogP contribution in [0.4, 0.5) is 0 Å². The number of aromatic nitrogens is 2. The largest absolute Gasteiger partial charge is 0.455 e. The molecule has 0 saturated heterocycles. The predicted octanol–water partition coefficient (Wildman–Crippen LogP) is 2.27. The van der Waals surface area contributed by atoms with Gasteiger partial charge < -0.3 is 9.64 Å². The molecule has 7 heteroatoms. The van der Waals surface area contributed by atoms with E-state index in [9.17, 15) is 9.59 Å². The van der Waals surface area contributed by atoms with Crippen molar-refractivity contribution in [1.29, 1.82) is 0 Å². The Morgan fingerprint density at radius 2 is 2.17 bits per heavy atom. The van der Waals surface area contributed by atoms with E-state index in [1.165, 1.54) is 30.6 Å². The van der Waals surface area contributed by atoms with Gasteiger partial charge in [0, 0.05) is 30.9 Å². The molecule has 1 aliphatic carbocycles. The summed E-state index contributed by atoms with van der Waals surface area (Å²) in [6.07, 6.45) is 9.46. The Hall–Kier alpha value is -1.89. The molecular weight excluding hydrogens is 314 g/mol. The Morgan fingerprint density at radius 1 is 1.39 bits per heavy atom. The summed E-state index contributed by atoms with van der Waals surface area (Å²) >= 11 is 1.51. The third-order valence-corrected chi connectivity index (χ3v) is 5.11. The molecule has 0 radical (unpaired) electrons. The number of thiazole rings is 1. The minimum Gasteiger partial charge on any atom is -0.455 e. The molecule has 2 aromatic rings. The monoisotopic (exact) mass is 335 g/mol. The van der Waals surface area contributed by atoms with Gasteiger partial charge in [-0.2, -0.15) is 0 Å². The number of esters is 1. The first-order chi connectivity index (χ1) is 11.1. The minimum absolute atomic E-state index is 0.0921. The fourth-order valence-corrected chi connectivity index (χ4v) is 3.70. The molecule has 2 aromatic heterocycles. The van der Waals surface area contributed by atoms with Crippen molar-refractivity contribution in [3.63, 3.8) is 0 Å². The maximum atomic E-state index is 12.1. The molecule has 1 saturated carbocycles. The van der Waals surface area contributed by atoms with Crippen LogP contribution in [-0.4, -0.2) is 45.9 Å². The fraction of sp³-hybridized carbons (Fsp3) is 0.562. The molecule has 2 heterocycles. The molecule has 3 rings (SSSR count). The number of carbonyl (C=O) groups is 2. The summed E-state index contributed by atoms with van der Waals surface area (Å²) in [5.41, 5.74) is 0.662. The Balaban J connectivity index is 1.46. The van der Waals surface area contributed by atoms with E-state index in [-0.39, 0.29) is 25.0 Å². The van der Waals surface area contributed by atoms with E-state index in [1.807, 2.05) is 22.2 Å². The third-order valence-electron chi connectivity index (χ3n) is 4.34. The van der Waals surface area contributed by atoms with Crippen molar-refractivity contribution in [3.05, 3.63) is 23.5 Å². The van der Waals surface area contributed by atoms with Crippen molar-refractivity contribution in [2.45, 2.75) is 44.6 Å². The Kier molecular flexibility index (Phi) is 4.95.